The lowest BCUT2D eigenvalue weighted by Crippen LogP contribution is -2.12. The average Bonchev–Trinajstić information content (AvgIpc) is 2.99. The van der Waals surface area contributed by atoms with Crippen molar-refractivity contribution in [1.29, 1.82) is 0 Å². The molecule has 0 saturated heterocycles. The summed E-state index contributed by atoms with van der Waals surface area (Å²) in [5.74, 6) is -0.982. The van der Waals surface area contributed by atoms with Crippen molar-refractivity contribution >= 4 is 26.5 Å². The molecule has 0 bridgehead atoms. The van der Waals surface area contributed by atoms with Crippen molar-refractivity contribution in [3.63, 3.8) is 0 Å². The number of carboxylic acids is 1. The van der Waals surface area contributed by atoms with Crippen LogP contribution in [0.1, 0.15) is 40.6 Å². The van der Waals surface area contributed by atoms with Crippen LogP contribution in [-0.2, 0) is 6.42 Å². The molecule has 0 unspecified atom stereocenters. The van der Waals surface area contributed by atoms with Gasteiger partial charge in [0.1, 0.15) is 4.62 Å². The highest BCUT2D eigenvalue weighted by atomic mass is 79.9. The van der Waals surface area contributed by atoms with Crippen molar-refractivity contribution in [2.24, 2.45) is 4.99 Å². The van der Waals surface area contributed by atoms with Gasteiger partial charge in [0.15, 0.2) is 5.69 Å². The third kappa shape index (κ3) is 1.40. The summed E-state index contributed by atoms with van der Waals surface area (Å²) in [6.07, 6.45) is 2.98. The molecule has 3 rings (SSSR count). The molecule has 0 aromatic carbocycles. The fourth-order valence-corrected chi connectivity index (χ4v) is 2.63. The average molecular weight is 284 g/mol. The van der Waals surface area contributed by atoms with Crippen LogP contribution in [0, 0.1) is 0 Å². The van der Waals surface area contributed by atoms with E-state index >= 15 is 0 Å². The van der Waals surface area contributed by atoms with Gasteiger partial charge in [0, 0.05) is 13.0 Å². The molecular weight excluding hydrogens is 274 g/mol. The fraction of sp³-hybridized carbons (Fsp3) is 0.500. The Labute approximate surface area is 100 Å². The van der Waals surface area contributed by atoms with E-state index in [1.165, 1.54) is 0 Å². The number of fused-ring (bicyclic) bond motifs is 1. The summed E-state index contributed by atoms with van der Waals surface area (Å²) in [7, 11) is 0. The maximum atomic E-state index is 11.1. The van der Waals surface area contributed by atoms with E-state index in [2.05, 4.69) is 26.0 Å². The zero-order valence-electron chi connectivity index (χ0n) is 8.48. The summed E-state index contributed by atoms with van der Waals surface area (Å²) >= 11 is 3.32. The number of aliphatic imine (C=N–C) groups is 1. The SMILES string of the molecule is O=C(O)c1nn(C2CC2)c2c1C(Br)=NCC2. The van der Waals surface area contributed by atoms with Gasteiger partial charge in [0.25, 0.3) is 0 Å². The third-order valence-electron chi connectivity index (χ3n) is 2.91. The second-order valence-corrected chi connectivity index (χ2v) is 4.82. The molecule has 1 aromatic heterocycles. The van der Waals surface area contributed by atoms with Crippen molar-refractivity contribution in [2.75, 3.05) is 6.54 Å². The molecule has 0 amide bonds. The smallest absolute Gasteiger partial charge is 0.357 e. The van der Waals surface area contributed by atoms with E-state index in [0.29, 0.717) is 22.8 Å². The van der Waals surface area contributed by atoms with Gasteiger partial charge in [-0.3, -0.25) is 9.67 Å². The van der Waals surface area contributed by atoms with Crippen molar-refractivity contribution in [2.45, 2.75) is 25.3 Å². The molecule has 6 heteroatoms. The standard InChI is InChI=1S/C10H10BrN3O2/c11-9-7-6(3-4-12-9)14(5-1-2-5)13-8(7)10(15)16/h5H,1-4H2,(H,15,16). The minimum atomic E-state index is -0.982. The largest absolute Gasteiger partial charge is 0.476 e. The monoisotopic (exact) mass is 283 g/mol. The molecule has 1 fully saturated rings. The second kappa shape index (κ2) is 3.41. The number of carbonyl (C=O) groups is 1. The highest BCUT2D eigenvalue weighted by molar-refractivity contribution is 9.18. The lowest BCUT2D eigenvalue weighted by molar-refractivity contribution is 0.0689. The summed E-state index contributed by atoms with van der Waals surface area (Å²) < 4.78 is 2.51. The number of nitrogens with zero attached hydrogens (tertiary/aromatic N) is 3. The predicted octanol–water partition coefficient (Wildman–Crippen LogP) is 1.61. The van der Waals surface area contributed by atoms with E-state index in [9.17, 15) is 4.79 Å². The number of hydrogen-bond acceptors (Lipinski definition) is 3. The van der Waals surface area contributed by atoms with Crippen molar-refractivity contribution < 1.29 is 9.90 Å². The van der Waals surface area contributed by atoms with E-state index in [1.54, 1.807) is 0 Å². The van der Waals surface area contributed by atoms with Gasteiger partial charge in [-0.25, -0.2) is 4.79 Å². The molecule has 2 heterocycles. The van der Waals surface area contributed by atoms with Gasteiger partial charge in [-0.1, -0.05) is 0 Å². The second-order valence-electron chi connectivity index (χ2n) is 4.07. The van der Waals surface area contributed by atoms with Gasteiger partial charge in [0.05, 0.1) is 17.3 Å². The molecule has 1 aliphatic heterocycles. The minimum absolute atomic E-state index is 0.122. The Kier molecular flexibility index (Phi) is 2.14. The first-order chi connectivity index (χ1) is 7.68. The summed E-state index contributed by atoms with van der Waals surface area (Å²) in [6, 6.07) is 0.403. The van der Waals surface area contributed by atoms with Crippen LogP contribution in [0.25, 0.3) is 0 Å². The van der Waals surface area contributed by atoms with Crippen LogP contribution in [0.3, 0.4) is 0 Å². The topological polar surface area (TPSA) is 67.5 Å². The summed E-state index contributed by atoms with van der Waals surface area (Å²) in [5.41, 5.74) is 1.81. The summed E-state index contributed by atoms with van der Waals surface area (Å²) in [6.45, 7) is 0.699. The summed E-state index contributed by atoms with van der Waals surface area (Å²) in [4.78, 5) is 15.3. The lowest BCUT2D eigenvalue weighted by Gasteiger charge is -2.11. The molecule has 0 spiro atoms. The van der Waals surface area contributed by atoms with E-state index in [-0.39, 0.29) is 5.69 Å². The summed E-state index contributed by atoms with van der Waals surface area (Å²) in [5, 5.41) is 13.3. The van der Waals surface area contributed by atoms with Crippen LogP contribution < -0.4 is 0 Å². The molecule has 16 heavy (non-hydrogen) atoms. The zero-order valence-corrected chi connectivity index (χ0v) is 10.1. The Bertz CT molecular complexity index is 502. The van der Waals surface area contributed by atoms with Gasteiger partial charge in [-0.2, -0.15) is 5.10 Å². The highest BCUT2D eigenvalue weighted by Gasteiger charge is 2.33. The molecule has 1 saturated carbocycles. The molecule has 1 aromatic rings. The number of aromatic nitrogens is 2. The predicted molar refractivity (Wildman–Crippen MR) is 61.5 cm³/mol. The van der Waals surface area contributed by atoms with Crippen LogP contribution in [0.4, 0.5) is 0 Å². The minimum Gasteiger partial charge on any atom is -0.476 e. The van der Waals surface area contributed by atoms with Crippen LogP contribution in [-0.4, -0.2) is 32.0 Å². The Hall–Kier alpha value is -1.17. The van der Waals surface area contributed by atoms with Gasteiger partial charge in [-0.15, -0.1) is 0 Å². The van der Waals surface area contributed by atoms with Crippen molar-refractivity contribution in [1.82, 2.24) is 9.78 Å². The molecule has 1 aliphatic carbocycles. The van der Waals surface area contributed by atoms with Gasteiger partial charge in [0.2, 0.25) is 0 Å². The van der Waals surface area contributed by atoms with E-state index in [1.807, 2.05) is 4.68 Å². The first-order valence-corrected chi connectivity index (χ1v) is 6.03. The lowest BCUT2D eigenvalue weighted by atomic mass is 10.1. The molecule has 0 atom stereocenters. The number of rotatable bonds is 2. The number of hydrogen-bond donors (Lipinski definition) is 1. The van der Waals surface area contributed by atoms with Crippen LogP contribution >= 0.6 is 15.9 Å². The Balaban J connectivity index is 2.20. The van der Waals surface area contributed by atoms with E-state index < -0.39 is 5.97 Å². The molecule has 5 nitrogen and oxygen atoms in total. The molecular formula is C10H10BrN3O2. The Morgan fingerprint density at radius 2 is 2.25 bits per heavy atom. The van der Waals surface area contributed by atoms with Gasteiger partial charge in [-0.05, 0) is 28.8 Å². The van der Waals surface area contributed by atoms with Crippen molar-refractivity contribution in [3.05, 3.63) is 17.0 Å². The maximum Gasteiger partial charge on any atom is 0.357 e. The van der Waals surface area contributed by atoms with E-state index in [0.717, 1.165) is 25.0 Å². The number of halogens is 1. The number of carboxylic acid groups (broad SMARTS) is 1. The molecule has 1 N–H and O–H groups in total. The quantitative estimate of drug-likeness (QED) is 0.897. The molecule has 2 aliphatic rings. The Morgan fingerprint density at radius 3 is 2.88 bits per heavy atom. The maximum absolute atomic E-state index is 11.1. The third-order valence-corrected chi connectivity index (χ3v) is 3.56. The zero-order chi connectivity index (χ0) is 11.3. The Morgan fingerprint density at radius 1 is 1.50 bits per heavy atom. The van der Waals surface area contributed by atoms with Crippen LogP contribution in [0.15, 0.2) is 4.99 Å². The normalized spacial score (nSPS) is 19.2. The first kappa shape index (κ1) is 10.0. The van der Waals surface area contributed by atoms with E-state index in [4.69, 9.17) is 5.11 Å². The fourth-order valence-electron chi connectivity index (χ4n) is 2.04. The molecule has 84 valence electrons. The van der Waals surface area contributed by atoms with Crippen LogP contribution in [0.5, 0.6) is 0 Å². The first-order valence-electron chi connectivity index (χ1n) is 5.23. The molecule has 0 radical (unpaired) electrons. The van der Waals surface area contributed by atoms with Crippen LogP contribution in [0.2, 0.25) is 0 Å². The number of aromatic carboxylic acids is 1. The van der Waals surface area contributed by atoms with Gasteiger partial charge >= 0.3 is 5.97 Å². The highest BCUT2D eigenvalue weighted by Crippen LogP contribution is 2.38. The van der Waals surface area contributed by atoms with Gasteiger partial charge < -0.3 is 5.11 Å². The van der Waals surface area contributed by atoms with Crippen molar-refractivity contribution in [3.8, 4) is 0 Å².